The van der Waals surface area contributed by atoms with Crippen LogP contribution in [-0.4, -0.2) is 25.5 Å². The number of hydrogen-bond donors (Lipinski definition) is 1. The van der Waals surface area contributed by atoms with E-state index >= 15 is 0 Å². The Morgan fingerprint density at radius 3 is 2.73 bits per heavy atom. The topological polar surface area (TPSA) is 42.3 Å². The van der Waals surface area contributed by atoms with E-state index in [9.17, 15) is 0 Å². The number of allylic oxidation sites excluding steroid dienone is 1. The molecule has 0 aromatic heterocycles. The van der Waals surface area contributed by atoms with Crippen molar-refractivity contribution in [1.29, 1.82) is 5.41 Å². The highest BCUT2D eigenvalue weighted by molar-refractivity contribution is 5.89. The molecule has 0 atom stereocenters. The standard InChI is InChI=1S/C8H15NO2/c1-3-10-6-7-11-5-4-8(2)9/h4-5,9H,3,6-7H2,1-2H3/b5-4+,9-8?. The molecule has 0 spiro atoms. The Morgan fingerprint density at radius 1 is 1.45 bits per heavy atom. The Kier molecular flexibility index (Phi) is 6.73. The van der Waals surface area contributed by atoms with Crippen LogP contribution in [0, 0.1) is 5.41 Å². The lowest BCUT2D eigenvalue weighted by atomic mass is 10.4. The summed E-state index contributed by atoms with van der Waals surface area (Å²) in [5.41, 5.74) is 0.487. The predicted molar refractivity (Wildman–Crippen MR) is 45.0 cm³/mol. The molecule has 0 fully saturated rings. The smallest absolute Gasteiger partial charge is 0.111 e. The second kappa shape index (κ2) is 7.28. The van der Waals surface area contributed by atoms with Crippen LogP contribution in [0.1, 0.15) is 13.8 Å². The van der Waals surface area contributed by atoms with E-state index in [0.29, 0.717) is 18.9 Å². The summed E-state index contributed by atoms with van der Waals surface area (Å²) in [5.74, 6) is 0. The molecule has 0 aliphatic carbocycles. The summed E-state index contributed by atoms with van der Waals surface area (Å²) >= 11 is 0. The Balaban J connectivity index is 3.07. The Morgan fingerprint density at radius 2 is 2.18 bits per heavy atom. The monoisotopic (exact) mass is 157 g/mol. The van der Waals surface area contributed by atoms with Crippen molar-refractivity contribution in [2.75, 3.05) is 19.8 Å². The number of ether oxygens (including phenoxy) is 2. The van der Waals surface area contributed by atoms with Gasteiger partial charge in [-0.25, -0.2) is 0 Å². The van der Waals surface area contributed by atoms with Gasteiger partial charge in [0.25, 0.3) is 0 Å². The van der Waals surface area contributed by atoms with Gasteiger partial charge in [0.05, 0.1) is 12.9 Å². The van der Waals surface area contributed by atoms with Crippen LogP contribution in [-0.2, 0) is 9.47 Å². The summed E-state index contributed by atoms with van der Waals surface area (Å²) in [7, 11) is 0. The van der Waals surface area contributed by atoms with Crippen LogP contribution in [0.5, 0.6) is 0 Å². The molecule has 11 heavy (non-hydrogen) atoms. The molecule has 0 aromatic carbocycles. The SMILES string of the molecule is CCOCCO/C=C/C(C)=N. The van der Waals surface area contributed by atoms with Gasteiger partial charge in [0.15, 0.2) is 0 Å². The zero-order valence-corrected chi connectivity index (χ0v) is 7.09. The van der Waals surface area contributed by atoms with Crippen LogP contribution < -0.4 is 0 Å². The van der Waals surface area contributed by atoms with E-state index < -0.39 is 0 Å². The van der Waals surface area contributed by atoms with Gasteiger partial charge in [0, 0.05) is 12.3 Å². The van der Waals surface area contributed by atoms with Gasteiger partial charge in [-0.05, 0) is 19.9 Å². The van der Waals surface area contributed by atoms with Gasteiger partial charge in [-0.2, -0.15) is 0 Å². The lowest BCUT2D eigenvalue weighted by molar-refractivity contribution is 0.0933. The largest absolute Gasteiger partial charge is 0.499 e. The van der Waals surface area contributed by atoms with Crippen LogP contribution in [0.4, 0.5) is 0 Å². The molecule has 1 N–H and O–H groups in total. The molecule has 0 unspecified atom stereocenters. The maximum Gasteiger partial charge on any atom is 0.111 e. The summed E-state index contributed by atoms with van der Waals surface area (Å²) in [5, 5.41) is 7.01. The van der Waals surface area contributed by atoms with Crippen molar-refractivity contribution in [3.8, 4) is 0 Å². The number of hydrogen-bond acceptors (Lipinski definition) is 3. The van der Waals surface area contributed by atoms with Crippen molar-refractivity contribution in [1.82, 2.24) is 0 Å². The summed E-state index contributed by atoms with van der Waals surface area (Å²) in [6, 6.07) is 0. The minimum atomic E-state index is 0.487. The zero-order valence-electron chi connectivity index (χ0n) is 7.09. The zero-order chi connectivity index (χ0) is 8.53. The van der Waals surface area contributed by atoms with Crippen LogP contribution >= 0.6 is 0 Å². The number of nitrogens with one attached hydrogen (secondary N) is 1. The van der Waals surface area contributed by atoms with E-state index in [1.807, 2.05) is 6.92 Å². The normalized spacial score (nSPS) is 10.4. The fraction of sp³-hybridized carbons (Fsp3) is 0.625. The second-order valence-corrected chi connectivity index (χ2v) is 2.05. The first kappa shape index (κ1) is 10.2. The summed E-state index contributed by atoms with van der Waals surface area (Å²) in [6.45, 7) is 5.52. The molecule has 3 heteroatoms. The van der Waals surface area contributed by atoms with Crippen LogP contribution in [0.2, 0.25) is 0 Å². The van der Waals surface area contributed by atoms with E-state index in [0.717, 1.165) is 6.61 Å². The molecule has 0 bridgehead atoms. The third-order valence-corrected chi connectivity index (χ3v) is 0.964. The predicted octanol–water partition coefficient (Wildman–Crippen LogP) is 1.59. The Labute approximate surface area is 67.5 Å². The molecule has 0 aromatic rings. The summed E-state index contributed by atoms with van der Waals surface area (Å²) < 4.78 is 10.0. The average molecular weight is 157 g/mol. The lowest BCUT2D eigenvalue weighted by Crippen LogP contribution is -2.00. The highest BCUT2D eigenvalue weighted by Crippen LogP contribution is 1.81. The third-order valence-electron chi connectivity index (χ3n) is 0.964. The molecule has 0 aliphatic heterocycles. The van der Waals surface area contributed by atoms with Gasteiger partial charge < -0.3 is 14.9 Å². The number of rotatable bonds is 6. The lowest BCUT2D eigenvalue weighted by Gasteiger charge is -1.99. The molecule has 0 saturated heterocycles. The van der Waals surface area contributed by atoms with Gasteiger partial charge in [0.2, 0.25) is 0 Å². The van der Waals surface area contributed by atoms with Crippen LogP contribution in [0.15, 0.2) is 12.3 Å². The molecule has 0 radical (unpaired) electrons. The van der Waals surface area contributed by atoms with Crippen molar-refractivity contribution in [2.45, 2.75) is 13.8 Å². The molecular formula is C8H15NO2. The molecular weight excluding hydrogens is 142 g/mol. The Hall–Kier alpha value is -0.830. The minimum absolute atomic E-state index is 0.487. The van der Waals surface area contributed by atoms with Crippen molar-refractivity contribution in [3.63, 3.8) is 0 Å². The summed E-state index contributed by atoms with van der Waals surface area (Å²) in [6.07, 6.45) is 3.12. The molecule has 64 valence electrons. The van der Waals surface area contributed by atoms with Crippen molar-refractivity contribution >= 4 is 5.71 Å². The van der Waals surface area contributed by atoms with E-state index in [4.69, 9.17) is 14.9 Å². The average Bonchev–Trinajstić information content (AvgIpc) is 1.96. The van der Waals surface area contributed by atoms with Gasteiger partial charge in [-0.15, -0.1) is 0 Å². The second-order valence-electron chi connectivity index (χ2n) is 2.05. The van der Waals surface area contributed by atoms with Crippen molar-refractivity contribution in [2.24, 2.45) is 0 Å². The van der Waals surface area contributed by atoms with Gasteiger partial charge in [0.1, 0.15) is 6.61 Å². The quantitative estimate of drug-likeness (QED) is 0.361. The summed E-state index contributed by atoms with van der Waals surface area (Å²) in [4.78, 5) is 0. The fourth-order valence-corrected chi connectivity index (χ4v) is 0.470. The van der Waals surface area contributed by atoms with E-state index in [-0.39, 0.29) is 0 Å². The van der Waals surface area contributed by atoms with Crippen molar-refractivity contribution < 1.29 is 9.47 Å². The molecule has 0 rings (SSSR count). The first-order valence-electron chi connectivity index (χ1n) is 3.68. The molecule has 3 nitrogen and oxygen atoms in total. The first-order chi connectivity index (χ1) is 5.27. The van der Waals surface area contributed by atoms with Crippen LogP contribution in [0.25, 0.3) is 0 Å². The highest BCUT2D eigenvalue weighted by atomic mass is 16.5. The minimum Gasteiger partial charge on any atom is -0.499 e. The molecule has 0 aliphatic rings. The van der Waals surface area contributed by atoms with Gasteiger partial charge in [-0.3, -0.25) is 0 Å². The fourth-order valence-electron chi connectivity index (χ4n) is 0.470. The van der Waals surface area contributed by atoms with Crippen molar-refractivity contribution in [3.05, 3.63) is 12.3 Å². The molecule has 0 saturated carbocycles. The van der Waals surface area contributed by atoms with E-state index in [1.165, 1.54) is 6.26 Å². The first-order valence-corrected chi connectivity index (χ1v) is 3.68. The van der Waals surface area contributed by atoms with E-state index in [2.05, 4.69) is 0 Å². The third kappa shape index (κ3) is 9.17. The molecule has 0 amide bonds. The maximum atomic E-state index is 7.01. The van der Waals surface area contributed by atoms with Gasteiger partial charge in [-0.1, -0.05) is 0 Å². The van der Waals surface area contributed by atoms with E-state index in [1.54, 1.807) is 13.0 Å². The van der Waals surface area contributed by atoms with Gasteiger partial charge >= 0.3 is 0 Å². The molecule has 0 heterocycles. The maximum absolute atomic E-state index is 7.01. The Bertz CT molecular complexity index is 132. The highest BCUT2D eigenvalue weighted by Gasteiger charge is 1.82. The van der Waals surface area contributed by atoms with Crippen LogP contribution in [0.3, 0.4) is 0 Å².